The summed E-state index contributed by atoms with van der Waals surface area (Å²) in [6.07, 6.45) is 0.556. The molecule has 78 valence electrons. The van der Waals surface area contributed by atoms with E-state index < -0.39 is 0 Å². The van der Waals surface area contributed by atoms with Crippen molar-refractivity contribution in [2.24, 2.45) is 0 Å². The Labute approximate surface area is 89.9 Å². The van der Waals surface area contributed by atoms with Crippen LogP contribution in [0.25, 0.3) is 0 Å². The fraction of sp³-hybridized carbons (Fsp3) is 0.455. The van der Waals surface area contributed by atoms with Gasteiger partial charge in [0.05, 0.1) is 6.10 Å². The topological polar surface area (TPSA) is 32.3 Å². The van der Waals surface area contributed by atoms with E-state index in [4.69, 9.17) is 16.7 Å². The average Bonchev–Trinajstić information content (AvgIpc) is 2.15. The fourth-order valence-electron chi connectivity index (χ4n) is 1.15. The molecule has 0 amide bonds. The van der Waals surface area contributed by atoms with Gasteiger partial charge in [0.25, 0.3) is 0 Å². The van der Waals surface area contributed by atoms with Crippen LogP contribution >= 0.6 is 11.6 Å². The highest BCUT2D eigenvalue weighted by Gasteiger charge is 1.95. The predicted octanol–water partition coefficient (Wildman–Crippen LogP) is 2.20. The molecule has 0 saturated carbocycles. The van der Waals surface area contributed by atoms with Crippen LogP contribution in [0.5, 0.6) is 0 Å². The molecule has 2 nitrogen and oxygen atoms in total. The minimum absolute atomic E-state index is 0.229. The molecule has 0 aromatic heterocycles. The maximum absolute atomic E-state index is 9.03. The number of benzene rings is 1. The molecule has 0 radical (unpaired) electrons. The summed E-state index contributed by atoms with van der Waals surface area (Å²) < 4.78 is 0. The first-order valence-electron chi connectivity index (χ1n) is 4.81. The Morgan fingerprint density at radius 1 is 1.36 bits per heavy atom. The van der Waals surface area contributed by atoms with E-state index in [-0.39, 0.29) is 6.10 Å². The van der Waals surface area contributed by atoms with Gasteiger partial charge in [0.15, 0.2) is 0 Å². The van der Waals surface area contributed by atoms with Gasteiger partial charge in [-0.05, 0) is 37.6 Å². The first kappa shape index (κ1) is 11.5. The lowest BCUT2D eigenvalue weighted by Crippen LogP contribution is -2.18. The van der Waals surface area contributed by atoms with Crippen molar-refractivity contribution in [2.75, 3.05) is 6.54 Å². The highest BCUT2D eigenvalue weighted by molar-refractivity contribution is 6.30. The van der Waals surface area contributed by atoms with Gasteiger partial charge in [0.1, 0.15) is 0 Å². The molecule has 14 heavy (non-hydrogen) atoms. The van der Waals surface area contributed by atoms with E-state index in [0.717, 1.165) is 24.5 Å². The lowest BCUT2D eigenvalue weighted by molar-refractivity contribution is 0.183. The molecule has 2 N–H and O–H groups in total. The van der Waals surface area contributed by atoms with Crippen LogP contribution in [0.2, 0.25) is 5.02 Å². The number of nitrogens with one attached hydrogen (secondary N) is 1. The molecule has 1 rings (SSSR count). The molecular formula is C11H16ClNO. The summed E-state index contributed by atoms with van der Waals surface area (Å²) in [5, 5.41) is 13.0. The molecule has 0 aliphatic carbocycles. The van der Waals surface area contributed by atoms with Crippen molar-refractivity contribution >= 4 is 11.6 Å². The summed E-state index contributed by atoms with van der Waals surface area (Å²) in [5.41, 5.74) is 1.21. The summed E-state index contributed by atoms with van der Waals surface area (Å²) in [5.74, 6) is 0. The first-order chi connectivity index (χ1) is 6.68. The smallest absolute Gasteiger partial charge is 0.0524 e. The van der Waals surface area contributed by atoms with Crippen molar-refractivity contribution in [1.29, 1.82) is 0 Å². The second-order valence-corrected chi connectivity index (χ2v) is 3.88. The van der Waals surface area contributed by atoms with Crippen LogP contribution < -0.4 is 5.32 Å². The molecule has 1 aromatic carbocycles. The third-order valence-corrected chi connectivity index (χ3v) is 2.23. The molecule has 0 fully saturated rings. The van der Waals surface area contributed by atoms with Crippen molar-refractivity contribution in [3.8, 4) is 0 Å². The lowest BCUT2D eigenvalue weighted by atomic mass is 10.2. The van der Waals surface area contributed by atoms with Gasteiger partial charge in [-0.1, -0.05) is 23.7 Å². The lowest BCUT2D eigenvalue weighted by Gasteiger charge is -2.06. The van der Waals surface area contributed by atoms with Gasteiger partial charge in [0, 0.05) is 11.6 Å². The molecule has 0 aliphatic rings. The fourth-order valence-corrected chi connectivity index (χ4v) is 1.27. The molecule has 1 atom stereocenters. The minimum atomic E-state index is -0.229. The monoisotopic (exact) mass is 213 g/mol. The van der Waals surface area contributed by atoms with Crippen LogP contribution in [0.15, 0.2) is 24.3 Å². The van der Waals surface area contributed by atoms with Crippen LogP contribution in [0, 0.1) is 0 Å². The van der Waals surface area contributed by atoms with Crippen molar-refractivity contribution in [3.05, 3.63) is 34.9 Å². The number of halogens is 1. The third kappa shape index (κ3) is 4.61. The zero-order chi connectivity index (χ0) is 10.4. The summed E-state index contributed by atoms with van der Waals surface area (Å²) >= 11 is 5.76. The Morgan fingerprint density at radius 2 is 2.00 bits per heavy atom. The van der Waals surface area contributed by atoms with Gasteiger partial charge in [-0.15, -0.1) is 0 Å². The summed E-state index contributed by atoms with van der Waals surface area (Å²) in [4.78, 5) is 0. The van der Waals surface area contributed by atoms with E-state index in [9.17, 15) is 0 Å². The second-order valence-electron chi connectivity index (χ2n) is 3.44. The third-order valence-electron chi connectivity index (χ3n) is 1.98. The second kappa shape index (κ2) is 6.02. The van der Waals surface area contributed by atoms with Crippen LogP contribution in [-0.4, -0.2) is 17.8 Å². The SMILES string of the molecule is C[C@H](O)CCNCc1ccc(Cl)cc1. The standard InChI is InChI=1S/C11H16ClNO/c1-9(14)6-7-13-8-10-2-4-11(12)5-3-10/h2-5,9,13-14H,6-8H2,1H3/t9-/m0/s1. The van der Waals surface area contributed by atoms with E-state index in [1.165, 1.54) is 5.56 Å². The van der Waals surface area contributed by atoms with E-state index in [1.54, 1.807) is 6.92 Å². The van der Waals surface area contributed by atoms with Crippen molar-refractivity contribution < 1.29 is 5.11 Å². The Kier molecular flexibility index (Phi) is 4.94. The summed E-state index contributed by atoms with van der Waals surface area (Å²) in [7, 11) is 0. The number of rotatable bonds is 5. The van der Waals surface area contributed by atoms with Gasteiger partial charge < -0.3 is 10.4 Å². The summed E-state index contributed by atoms with van der Waals surface area (Å²) in [6, 6.07) is 7.76. The van der Waals surface area contributed by atoms with Crippen LogP contribution in [0.4, 0.5) is 0 Å². The molecule has 0 bridgehead atoms. The average molecular weight is 214 g/mol. The van der Waals surface area contributed by atoms with Gasteiger partial charge >= 0.3 is 0 Å². The highest BCUT2D eigenvalue weighted by atomic mass is 35.5. The van der Waals surface area contributed by atoms with E-state index in [1.807, 2.05) is 24.3 Å². The van der Waals surface area contributed by atoms with Gasteiger partial charge in [-0.2, -0.15) is 0 Å². The van der Waals surface area contributed by atoms with Crippen LogP contribution in [0.3, 0.4) is 0 Å². The van der Waals surface area contributed by atoms with E-state index in [0.29, 0.717) is 0 Å². The molecule has 0 unspecified atom stereocenters. The zero-order valence-electron chi connectivity index (χ0n) is 8.33. The quantitative estimate of drug-likeness (QED) is 0.736. The first-order valence-corrected chi connectivity index (χ1v) is 5.19. The maximum atomic E-state index is 9.03. The van der Waals surface area contributed by atoms with E-state index >= 15 is 0 Å². The Morgan fingerprint density at radius 3 is 2.57 bits per heavy atom. The molecule has 0 spiro atoms. The van der Waals surface area contributed by atoms with Crippen LogP contribution in [0.1, 0.15) is 18.9 Å². The normalized spacial score (nSPS) is 12.8. The number of hydrogen-bond donors (Lipinski definition) is 2. The Bertz CT molecular complexity index is 258. The molecule has 1 aromatic rings. The van der Waals surface area contributed by atoms with Crippen molar-refractivity contribution in [2.45, 2.75) is 26.0 Å². The molecular weight excluding hydrogens is 198 g/mol. The maximum Gasteiger partial charge on any atom is 0.0524 e. The Hall–Kier alpha value is -0.570. The highest BCUT2D eigenvalue weighted by Crippen LogP contribution is 2.08. The minimum Gasteiger partial charge on any atom is -0.393 e. The molecule has 3 heteroatoms. The Balaban J connectivity index is 2.21. The summed E-state index contributed by atoms with van der Waals surface area (Å²) in [6.45, 7) is 3.45. The number of hydrogen-bond acceptors (Lipinski definition) is 2. The van der Waals surface area contributed by atoms with Gasteiger partial charge in [-0.3, -0.25) is 0 Å². The predicted molar refractivity (Wildman–Crippen MR) is 59.5 cm³/mol. The van der Waals surface area contributed by atoms with Crippen molar-refractivity contribution in [1.82, 2.24) is 5.32 Å². The largest absolute Gasteiger partial charge is 0.393 e. The van der Waals surface area contributed by atoms with Crippen LogP contribution in [-0.2, 0) is 6.54 Å². The van der Waals surface area contributed by atoms with Gasteiger partial charge in [-0.25, -0.2) is 0 Å². The number of aliphatic hydroxyl groups excluding tert-OH is 1. The molecule has 0 heterocycles. The van der Waals surface area contributed by atoms with Gasteiger partial charge in [0.2, 0.25) is 0 Å². The van der Waals surface area contributed by atoms with Crippen molar-refractivity contribution in [3.63, 3.8) is 0 Å². The zero-order valence-corrected chi connectivity index (χ0v) is 9.09. The number of aliphatic hydroxyl groups is 1. The van der Waals surface area contributed by atoms with E-state index in [2.05, 4.69) is 5.32 Å². The molecule has 0 saturated heterocycles. The molecule has 0 aliphatic heterocycles.